The second-order valence-corrected chi connectivity index (χ2v) is 6.77. The van der Waals surface area contributed by atoms with Crippen molar-refractivity contribution in [3.05, 3.63) is 53.9 Å². The highest BCUT2D eigenvalue weighted by molar-refractivity contribution is 5.94. The van der Waals surface area contributed by atoms with Crippen LogP contribution in [0.2, 0.25) is 0 Å². The summed E-state index contributed by atoms with van der Waals surface area (Å²) in [5.74, 6) is 0.859. The van der Waals surface area contributed by atoms with E-state index in [0.717, 1.165) is 38.3 Å². The van der Waals surface area contributed by atoms with Crippen LogP contribution in [0, 0.1) is 0 Å². The molecule has 4 rings (SSSR count). The largest absolute Gasteiger partial charge is 0.491 e. The van der Waals surface area contributed by atoms with Gasteiger partial charge in [-0.1, -0.05) is 0 Å². The van der Waals surface area contributed by atoms with Crippen LogP contribution in [-0.2, 0) is 11.3 Å². The van der Waals surface area contributed by atoms with Crippen molar-refractivity contribution in [2.45, 2.75) is 38.5 Å². The van der Waals surface area contributed by atoms with Crippen LogP contribution in [0.25, 0.3) is 0 Å². The lowest BCUT2D eigenvalue weighted by atomic mass is 10.1. The molecule has 0 N–H and O–H groups in total. The smallest absolute Gasteiger partial charge is 0.254 e. The number of amides is 1. The van der Waals surface area contributed by atoms with E-state index in [1.807, 2.05) is 35.2 Å². The maximum atomic E-state index is 12.9. The van der Waals surface area contributed by atoms with E-state index in [9.17, 15) is 4.79 Å². The summed E-state index contributed by atoms with van der Waals surface area (Å²) in [5, 5.41) is 0. The molecule has 5 heteroatoms. The molecule has 2 unspecified atom stereocenters. The number of hydrogen-bond donors (Lipinski definition) is 0. The molecule has 0 aliphatic carbocycles. The molecule has 25 heavy (non-hydrogen) atoms. The number of benzene rings is 1. The van der Waals surface area contributed by atoms with Gasteiger partial charge in [-0.05, 0) is 56.2 Å². The van der Waals surface area contributed by atoms with E-state index in [1.165, 1.54) is 5.69 Å². The molecule has 5 nitrogen and oxygen atoms in total. The molecule has 0 bridgehead atoms. The third-order valence-electron chi connectivity index (χ3n) is 5.16. The Labute approximate surface area is 148 Å². The Morgan fingerprint density at radius 1 is 1.24 bits per heavy atom. The van der Waals surface area contributed by atoms with Crippen molar-refractivity contribution in [1.82, 2.24) is 9.47 Å². The van der Waals surface area contributed by atoms with Crippen molar-refractivity contribution in [1.29, 1.82) is 0 Å². The van der Waals surface area contributed by atoms with Gasteiger partial charge in [-0.2, -0.15) is 0 Å². The fraction of sp³-hybridized carbons (Fsp3) is 0.450. The van der Waals surface area contributed by atoms with Gasteiger partial charge in [-0.3, -0.25) is 4.79 Å². The number of rotatable bonds is 4. The predicted molar refractivity (Wildman–Crippen MR) is 94.8 cm³/mol. The predicted octanol–water partition coefficient (Wildman–Crippen LogP) is 3.26. The number of carbonyl (C=O) groups is 1. The van der Waals surface area contributed by atoms with Crippen LogP contribution in [0.5, 0.6) is 5.75 Å². The molecule has 0 radical (unpaired) electrons. The Morgan fingerprint density at radius 3 is 2.84 bits per heavy atom. The third-order valence-corrected chi connectivity index (χ3v) is 5.16. The van der Waals surface area contributed by atoms with Gasteiger partial charge in [0.15, 0.2) is 0 Å². The van der Waals surface area contributed by atoms with E-state index in [0.29, 0.717) is 12.2 Å². The van der Waals surface area contributed by atoms with E-state index in [4.69, 9.17) is 9.47 Å². The number of carbonyl (C=O) groups excluding carboxylic acids is 1. The number of ether oxygens (including phenoxy) is 2. The Hall–Kier alpha value is -2.27. The molecule has 3 heterocycles. The number of nitrogens with zero attached hydrogens (tertiary/aromatic N) is 2. The number of aromatic nitrogens is 1. The zero-order valence-electron chi connectivity index (χ0n) is 14.6. The van der Waals surface area contributed by atoms with Crippen LogP contribution in [0.15, 0.2) is 42.6 Å². The highest BCUT2D eigenvalue weighted by Gasteiger charge is 2.28. The monoisotopic (exact) mass is 340 g/mol. The third kappa shape index (κ3) is 3.29. The maximum absolute atomic E-state index is 12.9. The first kappa shape index (κ1) is 16.2. The molecule has 2 aliphatic rings. The molecule has 2 aromatic rings. The second-order valence-electron chi connectivity index (χ2n) is 6.77. The minimum absolute atomic E-state index is 0.0747. The van der Waals surface area contributed by atoms with Crippen LogP contribution in [-0.4, -0.2) is 41.2 Å². The SMILES string of the molecule is CC1c2cccn2CCN1C(=O)c1ccc(OCC2CCCO2)cc1. The van der Waals surface area contributed by atoms with E-state index in [2.05, 4.69) is 23.8 Å². The Balaban J connectivity index is 1.40. The highest BCUT2D eigenvalue weighted by Crippen LogP contribution is 2.27. The molecular formula is C20H24N2O3. The summed E-state index contributed by atoms with van der Waals surface area (Å²) in [6, 6.07) is 11.7. The normalized spacial score (nSPS) is 22.7. The number of fused-ring (bicyclic) bond motifs is 1. The fourth-order valence-electron chi connectivity index (χ4n) is 3.68. The molecule has 0 spiro atoms. The lowest BCUT2D eigenvalue weighted by Crippen LogP contribution is -2.40. The first-order valence-electron chi connectivity index (χ1n) is 9.03. The Kier molecular flexibility index (Phi) is 4.49. The van der Waals surface area contributed by atoms with Gasteiger partial charge >= 0.3 is 0 Å². The van der Waals surface area contributed by atoms with Crippen molar-refractivity contribution in [3.8, 4) is 5.75 Å². The summed E-state index contributed by atoms with van der Waals surface area (Å²) >= 11 is 0. The molecule has 0 saturated carbocycles. The van der Waals surface area contributed by atoms with Crippen molar-refractivity contribution in [3.63, 3.8) is 0 Å². The summed E-state index contributed by atoms with van der Waals surface area (Å²) in [7, 11) is 0. The van der Waals surface area contributed by atoms with Gasteiger partial charge in [-0.25, -0.2) is 0 Å². The van der Waals surface area contributed by atoms with Gasteiger partial charge in [0.05, 0.1) is 12.1 Å². The van der Waals surface area contributed by atoms with Gasteiger partial charge in [0, 0.05) is 37.2 Å². The lowest BCUT2D eigenvalue weighted by Gasteiger charge is -2.35. The van der Waals surface area contributed by atoms with Crippen LogP contribution in [0.3, 0.4) is 0 Å². The standard InChI is InChI=1S/C20H24N2O3/c1-15-19-5-2-10-21(19)11-12-22(15)20(23)16-6-8-17(9-7-16)25-14-18-4-3-13-24-18/h2,5-10,15,18H,3-4,11-14H2,1H3. The molecule has 1 aromatic carbocycles. The Bertz CT molecular complexity index is 732. The average Bonchev–Trinajstić information content (AvgIpc) is 3.32. The van der Waals surface area contributed by atoms with Crippen LogP contribution >= 0.6 is 0 Å². The van der Waals surface area contributed by atoms with Crippen molar-refractivity contribution in [2.75, 3.05) is 19.8 Å². The second kappa shape index (κ2) is 6.92. The molecule has 132 valence electrons. The molecule has 1 fully saturated rings. The van der Waals surface area contributed by atoms with Crippen molar-refractivity contribution < 1.29 is 14.3 Å². The molecule has 1 amide bonds. The van der Waals surface area contributed by atoms with Crippen molar-refractivity contribution >= 4 is 5.91 Å². The molecule has 2 atom stereocenters. The summed E-state index contributed by atoms with van der Waals surface area (Å²) in [6.45, 7) is 5.08. The van der Waals surface area contributed by atoms with Gasteiger partial charge in [0.25, 0.3) is 5.91 Å². The van der Waals surface area contributed by atoms with E-state index < -0.39 is 0 Å². The summed E-state index contributed by atoms with van der Waals surface area (Å²) in [6.07, 6.45) is 4.45. The highest BCUT2D eigenvalue weighted by atomic mass is 16.5. The first-order chi connectivity index (χ1) is 12.2. The summed E-state index contributed by atoms with van der Waals surface area (Å²) < 4.78 is 13.6. The maximum Gasteiger partial charge on any atom is 0.254 e. The van der Waals surface area contributed by atoms with Gasteiger partial charge in [-0.15, -0.1) is 0 Å². The van der Waals surface area contributed by atoms with E-state index >= 15 is 0 Å². The Morgan fingerprint density at radius 2 is 2.08 bits per heavy atom. The molecule has 2 aliphatic heterocycles. The zero-order valence-corrected chi connectivity index (χ0v) is 14.6. The van der Waals surface area contributed by atoms with Gasteiger partial charge in [0.2, 0.25) is 0 Å². The summed E-state index contributed by atoms with van der Waals surface area (Å²) in [4.78, 5) is 14.8. The van der Waals surface area contributed by atoms with Gasteiger partial charge < -0.3 is 18.9 Å². The molecular weight excluding hydrogens is 316 g/mol. The number of hydrogen-bond acceptors (Lipinski definition) is 3. The average molecular weight is 340 g/mol. The van der Waals surface area contributed by atoms with Crippen LogP contribution in [0.4, 0.5) is 0 Å². The lowest BCUT2D eigenvalue weighted by molar-refractivity contribution is 0.0642. The van der Waals surface area contributed by atoms with Crippen molar-refractivity contribution in [2.24, 2.45) is 0 Å². The zero-order chi connectivity index (χ0) is 17.2. The topological polar surface area (TPSA) is 43.7 Å². The molecule has 1 saturated heterocycles. The fourth-order valence-corrected chi connectivity index (χ4v) is 3.68. The first-order valence-corrected chi connectivity index (χ1v) is 9.03. The minimum Gasteiger partial charge on any atom is -0.491 e. The van der Waals surface area contributed by atoms with Crippen LogP contribution < -0.4 is 4.74 Å². The van der Waals surface area contributed by atoms with E-state index in [-0.39, 0.29) is 18.1 Å². The molecule has 1 aromatic heterocycles. The summed E-state index contributed by atoms with van der Waals surface area (Å²) in [5.41, 5.74) is 1.90. The van der Waals surface area contributed by atoms with E-state index in [1.54, 1.807) is 0 Å². The quantitative estimate of drug-likeness (QED) is 0.858. The van der Waals surface area contributed by atoms with Gasteiger partial charge in [0.1, 0.15) is 12.4 Å². The van der Waals surface area contributed by atoms with Crippen LogP contribution in [0.1, 0.15) is 41.9 Å². The minimum atomic E-state index is 0.0747.